The molecule has 0 fully saturated rings. The molecule has 0 saturated carbocycles. The summed E-state index contributed by atoms with van der Waals surface area (Å²) in [5.41, 5.74) is 1.61. The normalized spacial score (nSPS) is 13.0. The first-order chi connectivity index (χ1) is 10.8. The van der Waals surface area contributed by atoms with Crippen LogP contribution in [0.1, 0.15) is 34.1 Å². The van der Waals surface area contributed by atoms with Gasteiger partial charge in [-0.3, -0.25) is 0 Å². The molecule has 0 saturated heterocycles. The van der Waals surface area contributed by atoms with Crippen LogP contribution in [-0.2, 0) is 16.4 Å². The predicted octanol–water partition coefficient (Wildman–Crippen LogP) is 3.05. The first-order valence-electron chi connectivity index (χ1n) is 7.19. The highest BCUT2D eigenvalue weighted by Gasteiger charge is 2.23. The van der Waals surface area contributed by atoms with E-state index < -0.39 is 16.0 Å². The molecule has 0 aliphatic rings. The van der Waals surface area contributed by atoms with Crippen molar-refractivity contribution in [2.75, 3.05) is 0 Å². The van der Waals surface area contributed by atoms with Crippen LogP contribution < -0.4 is 4.72 Å². The van der Waals surface area contributed by atoms with E-state index in [-0.39, 0.29) is 15.1 Å². The third-order valence-corrected chi connectivity index (χ3v) is 6.71. The Bertz CT molecular complexity index is 782. The minimum atomic E-state index is -3.69. The molecule has 5 nitrogen and oxygen atoms in total. The van der Waals surface area contributed by atoms with Gasteiger partial charge in [-0.25, -0.2) is 17.9 Å². The minimum Gasteiger partial charge on any atom is -0.477 e. The fourth-order valence-electron chi connectivity index (χ4n) is 2.21. The van der Waals surface area contributed by atoms with Gasteiger partial charge >= 0.3 is 5.97 Å². The van der Waals surface area contributed by atoms with Gasteiger partial charge in [-0.15, -0.1) is 11.3 Å². The lowest BCUT2D eigenvalue weighted by Gasteiger charge is -2.13. The van der Waals surface area contributed by atoms with E-state index in [2.05, 4.69) is 4.72 Å². The van der Waals surface area contributed by atoms with Crippen molar-refractivity contribution in [3.05, 3.63) is 52.4 Å². The monoisotopic (exact) mass is 353 g/mol. The largest absolute Gasteiger partial charge is 0.477 e. The summed E-state index contributed by atoms with van der Waals surface area (Å²) in [6, 6.07) is 11.0. The molecule has 2 N–H and O–H groups in total. The Morgan fingerprint density at radius 3 is 2.52 bits per heavy atom. The molecule has 0 radical (unpaired) electrons. The van der Waals surface area contributed by atoms with E-state index in [4.69, 9.17) is 5.11 Å². The summed E-state index contributed by atoms with van der Waals surface area (Å²) in [7, 11) is -3.69. The summed E-state index contributed by atoms with van der Waals surface area (Å²) in [6.45, 7) is 3.40. The molecule has 7 heteroatoms. The van der Waals surface area contributed by atoms with Crippen LogP contribution in [0, 0.1) is 6.92 Å². The zero-order valence-corrected chi connectivity index (χ0v) is 14.6. The maximum Gasteiger partial charge on any atom is 0.346 e. The number of aromatic carboxylic acids is 1. The average molecular weight is 353 g/mol. The van der Waals surface area contributed by atoms with Gasteiger partial charge in [0.05, 0.1) is 0 Å². The van der Waals surface area contributed by atoms with Gasteiger partial charge in [0, 0.05) is 6.04 Å². The van der Waals surface area contributed by atoms with E-state index in [0.29, 0.717) is 12.0 Å². The topological polar surface area (TPSA) is 83.5 Å². The molecule has 23 heavy (non-hydrogen) atoms. The van der Waals surface area contributed by atoms with Gasteiger partial charge in [0.2, 0.25) is 10.0 Å². The second-order valence-electron chi connectivity index (χ2n) is 5.43. The van der Waals surface area contributed by atoms with Crippen LogP contribution in [-0.4, -0.2) is 25.5 Å². The fourth-order valence-corrected chi connectivity index (χ4v) is 4.88. The Hall–Kier alpha value is -1.70. The Labute approximate surface area is 140 Å². The number of hydrogen-bond donors (Lipinski definition) is 2. The van der Waals surface area contributed by atoms with Gasteiger partial charge in [-0.1, -0.05) is 30.3 Å². The first kappa shape index (κ1) is 17.7. The third kappa shape index (κ3) is 4.63. The average Bonchev–Trinajstić information content (AvgIpc) is 2.89. The minimum absolute atomic E-state index is 0.0407. The Morgan fingerprint density at radius 2 is 1.96 bits per heavy atom. The summed E-state index contributed by atoms with van der Waals surface area (Å²) in [6.07, 6.45) is 1.44. The lowest BCUT2D eigenvalue weighted by molar-refractivity contribution is 0.0701. The summed E-state index contributed by atoms with van der Waals surface area (Å²) >= 11 is 0.781. The highest BCUT2D eigenvalue weighted by atomic mass is 32.2. The van der Waals surface area contributed by atoms with Crippen molar-refractivity contribution in [3.8, 4) is 0 Å². The number of sulfonamides is 1. The van der Waals surface area contributed by atoms with Crippen LogP contribution >= 0.6 is 11.3 Å². The molecule has 0 aliphatic carbocycles. The number of nitrogens with one attached hydrogen (secondary N) is 1. The lowest BCUT2D eigenvalue weighted by Crippen LogP contribution is -2.32. The van der Waals surface area contributed by atoms with Crippen molar-refractivity contribution in [1.29, 1.82) is 0 Å². The molecular weight excluding hydrogens is 334 g/mol. The zero-order valence-electron chi connectivity index (χ0n) is 12.9. The smallest absolute Gasteiger partial charge is 0.346 e. The van der Waals surface area contributed by atoms with E-state index >= 15 is 0 Å². The molecule has 2 aromatic rings. The lowest BCUT2D eigenvalue weighted by atomic mass is 10.1. The highest BCUT2D eigenvalue weighted by Crippen LogP contribution is 2.26. The Kier molecular flexibility index (Phi) is 5.56. The van der Waals surface area contributed by atoms with Gasteiger partial charge in [-0.05, 0) is 43.9 Å². The second kappa shape index (κ2) is 7.25. The van der Waals surface area contributed by atoms with Crippen LogP contribution in [0.15, 0.2) is 40.6 Å². The molecule has 0 amide bonds. The van der Waals surface area contributed by atoms with Crippen LogP contribution in [0.25, 0.3) is 0 Å². The van der Waals surface area contributed by atoms with E-state index in [1.807, 2.05) is 30.3 Å². The van der Waals surface area contributed by atoms with Crippen molar-refractivity contribution >= 4 is 27.3 Å². The van der Waals surface area contributed by atoms with Crippen LogP contribution in [0.4, 0.5) is 0 Å². The highest BCUT2D eigenvalue weighted by molar-refractivity contribution is 7.91. The third-order valence-electron chi connectivity index (χ3n) is 3.42. The van der Waals surface area contributed by atoms with Gasteiger partial charge < -0.3 is 5.11 Å². The Morgan fingerprint density at radius 1 is 1.30 bits per heavy atom. The van der Waals surface area contributed by atoms with Gasteiger partial charge in [-0.2, -0.15) is 0 Å². The van der Waals surface area contributed by atoms with Gasteiger partial charge in [0.1, 0.15) is 9.09 Å². The van der Waals surface area contributed by atoms with E-state index in [1.165, 1.54) is 6.07 Å². The molecule has 2 rings (SSSR count). The molecule has 1 unspecified atom stereocenters. The molecule has 1 atom stereocenters. The van der Waals surface area contributed by atoms with E-state index in [0.717, 1.165) is 23.3 Å². The van der Waals surface area contributed by atoms with Crippen LogP contribution in [0.2, 0.25) is 0 Å². The number of rotatable bonds is 7. The number of carboxylic acids is 1. The molecule has 0 bridgehead atoms. The van der Waals surface area contributed by atoms with Gasteiger partial charge in [0.25, 0.3) is 0 Å². The molecule has 0 spiro atoms. The maximum absolute atomic E-state index is 12.3. The zero-order chi connectivity index (χ0) is 17.0. The van der Waals surface area contributed by atoms with Crippen molar-refractivity contribution in [2.45, 2.75) is 36.9 Å². The number of carbonyl (C=O) groups is 1. The number of benzene rings is 1. The summed E-state index contributed by atoms with van der Waals surface area (Å²) < 4.78 is 27.3. The van der Waals surface area contributed by atoms with Crippen molar-refractivity contribution < 1.29 is 18.3 Å². The maximum atomic E-state index is 12.3. The van der Waals surface area contributed by atoms with Gasteiger partial charge in [0.15, 0.2) is 0 Å². The van der Waals surface area contributed by atoms with Crippen molar-refractivity contribution in [1.82, 2.24) is 4.72 Å². The number of hydrogen-bond acceptors (Lipinski definition) is 4. The molecule has 124 valence electrons. The standard InChI is InChI=1S/C16H19NO4S2/c1-11-10-14(22-15(11)16(18)19)23(20,21)17-12(2)8-9-13-6-4-3-5-7-13/h3-7,10,12,17H,8-9H2,1-2H3,(H,18,19). The first-order valence-corrected chi connectivity index (χ1v) is 9.49. The Balaban J connectivity index is 2.03. The molecular formula is C16H19NO4S2. The molecule has 0 aliphatic heterocycles. The SMILES string of the molecule is Cc1cc(S(=O)(=O)NC(C)CCc2ccccc2)sc1C(=O)O. The molecule has 1 heterocycles. The van der Waals surface area contributed by atoms with Crippen LogP contribution in [0.3, 0.4) is 0 Å². The quantitative estimate of drug-likeness (QED) is 0.801. The number of aryl methyl sites for hydroxylation is 2. The number of carboxylic acid groups (broad SMARTS) is 1. The molecule has 1 aromatic heterocycles. The number of thiophene rings is 1. The predicted molar refractivity (Wildman–Crippen MR) is 90.6 cm³/mol. The summed E-state index contributed by atoms with van der Waals surface area (Å²) in [5.74, 6) is -1.11. The second-order valence-corrected chi connectivity index (χ2v) is 8.42. The van der Waals surface area contributed by atoms with Crippen molar-refractivity contribution in [3.63, 3.8) is 0 Å². The molecule has 1 aromatic carbocycles. The summed E-state index contributed by atoms with van der Waals surface area (Å²) in [5, 5.41) is 9.03. The van der Waals surface area contributed by atoms with Crippen molar-refractivity contribution in [2.24, 2.45) is 0 Å². The van der Waals surface area contributed by atoms with Crippen LogP contribution in [0.5, 0.6) is 0 Å². The van der Waals surface area contributed by atoms with E-state index in [9.17, 15) is 13.2 Å². The summed E-state index contributed by atoms with van der Waals surface area (Å²) in [4.78, 5) is 11.1. The fraction of sp³-hybridized carbons (Fsp3) is 0.312. The van der Waals surface area contributed by atoms with E-state index in [1.54, 1.807) is 13.8 Å².